The first kappa shape index (κ1) is 12.0. The zero-order valence-corrected chi connectivity index (χ0v) is 11.5. The van der Waals surface area contributed by atoms with E-state index in [0.29, 0.717) is 0 Å². The Labute approximate surface area is 116 Å². The van der Waals surface area contributed by atoms with Crippen LogP contribution in [0.25, 0.3) is 5.69 Å². The summed E-state index contributed by atoms with van der Waals surface area (Å²) < 4.78 is 1.85. The van der Waals surface area contributed by atoms with Crippen molar-refractivity contribution in [1.29, 1.82) is 0 Å². The van der Waals surface area contributed by atoms with Gasteiger partial charge in [0.05, 0.1) is 5.69 Å². The third kappa shape index (κ3) is 2.85. The Kier molecular flexibility index (Phi) is 3.33. The second-order valence-electron chi connectivity index (χ2n) is 4.36. The number of rotatable bonds is 4. The molecule has 0 fully saturated rings. The van der Waals surface area contributed by atoms with E-state index in [0.717, 1.165) is 17.9 Å². The van der Waals surface area contributed by atoms with Gasteiger partial charge in [-0.25, -0.2) is 4.68 Å². The van der Waals surface area contributed by atoms with Gasteiger partial charge in [0, 0.05) is 34.4 Å². The van der Waals surface area contributed by atoms with Crippen LogP contribution in [0.15, 0.2) is 54.9 Å². The van der Waals surface area contributed by atoms with E-state index in [4.69, 9.17) is 0 Å². The summed E-state index contributed by atoms with van der Waals surface area (Å²) in [6.45, 7) is 3.01. The highest BCUT2D eigenvalue weighted by Gasteiger charge is 1.99. The van der Waals surface area contributed by atoms with Gasteiger partial charge in [0.1, 0.15) is 0 Å². The molecule has 0 saturated carbocycles. The van der Waals surface area contributed by atoms with Crippen LogP contribution in [0.2, 0.25) is 0 Å². The van der Waals surface area contributed by atoms with Crippen molar-refractivity contribution in [2.24, 2.45) is 0 Å². The molecule has 0 atom stereocenters. The minimum absolute atomic E-state index is 0.875. The third-order valence-electron chi connectivity index (χ3n) is 2.90. The fraction of sp³-hybridized carbons (Fsp3) is 0.133. The Hall–Kier alpha value is -2.07. The molecule has 0 bridgehead atoms. The van der Waals surface area contributed by atoms with Gasteiger partial charge in [0.25, 0.3) is 0 Å². The van der Waals surface area contributed by atoms with Crippen LogP contribution in [0.3, 0.4) is 0 Å². The molecule has 19 heavy (non-hydrogen) atoms. The van der Waals surface area contributed by atoms with Crippen molar-refractivity contribution in [3.63, 3.8) is 0 Å². The molecule has 0 aliphatic carbocycles. The van der Waals surface area contributed by atoms with Crippen molar-refractivity contribution in [2.75, 3.05) is 5.32 Å². The first-order valence-electron chi connectivity index (χ1n) is 6.20. The minimum Gasteiger partial charge on any atom is -0.380 e. The Morgan fingerprint density at radius 3 is 2.63 bits per heavy atom. The molecule has 2 aromatic heterocycles. The Balaban J connectivity index is 1.66. The van der Waals surface area contributed by atoms with Gasteiger partial charge in [-0.3, -0.25) is 0 Å². The van der Waals surface area contributed by atoms with Gasteiger partial charge in [-0.2, -0.15) is 5.10 Å². The van der Waals surface area contributed by atoms with Gasteiger partial charge in [0.2, 0.25) is 0 Å². The maximum atomic E-state index is 4.21. The van der Waals surface area contributed by atoms with Crippen LogP contribution in [0.5, 0.6) is 0 Å². The Morgan fingerprint density at radius 2 is 2.00 bits per heavy atom. The number of benzene rings is 1. The maximum absolute atomic E-state index is 4.21. The van der Waals surface area contributed by atoms with Crippen molar-refractivity contribution in [2.45, 2.75) is 13.5 Å². The zero-order valence-electron chi connectivity index (χ0n) is 10.7. The summed E-state index contributed by atoms with van der Waals surface area (Å²) >= 11 is 1.83. The molecule has 0 aliphatic heterocycles. The third-order valence-corrected chi connectivity index (χ3v) is 3.90. The van der Waals surface area contributed by atoms with Crippen LogP contribution in [0.4, 0.5) is 5.69 Å². The number of hydrogen-bond acceptors (Lipinski definition) is 3. The van der Waals surface area contributed by atoms with E-state index >= 15 is 0 Å². The second kappa shape index (κ2) is 5.28. The fourth-order valence-corrected chi connectivity index (χ4v) is 2.75. The summed E-state index contributed by atoms with van der Waals surface area (Å²) in [5, 5.41) is 7.64. The molecule has 0 saturated heterocycles. The topological polar surface area (TPSA) is 29.9 Å². The van der Waals surface area contributed by atoms with Gasteiger partial charge in [0.15, 0.2) is 0 Å². The van der Waals surface area contributed by atoms with Crippen molar-refractivity contribution < 1.29 is 0 Å². The molecule has 3 rings (SSSR count). The van der Waals surface area contributed by atoms with Crippen LogP contribution >= 0.6 is 11.3 Å². The molecule has 0 spiro atoms. The number of aromatic nitrogens is 2. The molecule has 0 amide bonds. The van der Waals surface area contributed by atoms with Crippen molar-refractivity contribution >= 4 is 17.0 Å². The predicted octanol–water partition coefficient (Wildman–Crippen LogP) is 3.85. The number of aryl methyl sites for hydroxylation is 1. The van der Waals surface area contributed by atoms with Gasteiger partial charge in [-0.1, -0.05) is 0 Å². The zero-order chi connectivity index (χ0) is 13.1. The Morgan fingerprint density at radius 1 is 1.16 bits per heavy atom. The number of thiophene rings is 1. The minimum atomic E-state index is 0.875. The van der Waals surface area contributed by atoms with E-state index < -0.39 is 0 Å². The highest BCUT2D eigenvalue weighted by Crippen LogP contribution is 2.18. The van der Waals surface area contributed by atoms with Crippen LogP contribution < -0.4 is 5.32 Å². The van der Waals surface area contributed by atoms with Crippen molar-refractivity contribution in [1.82, 2.24) is 9.78 Å². The molecular weight excluding hydrogens is 254 g/mol. The molecule has 1 N–H and O–H groups in total. The molecule has 4 heteroatoms. The fourth-order valence-electron chi connectivity index (χ4n) is 1.92. The van der Waals surface area contributed by atoms with Crippen molar-refractivity contribution in [3.05, 3.63) is 64.6 Å². The van der Waals surface area contributed by atoms with E-state index in [1.54, 1.807) is 6.20 Å². The quantitative estimate of drug-likeness (QED) is 0.779. The van der Waals surface area contributed by atoms with E-state index in [1.165, 1.54) is 9.75 Å². The Bertz CT molecular complexity index is 638. The summed E-state index contributed by atoms with van der Waals surface area (Å²) in [4.78, 5) is 2.71. The monoisotopic (exact) mass is 269 g/mol. The highest BCUT2D eigenvalue weighted by atomic mass is 32.1. The lowest BCUT2D eigenvalue weighted by Crippen LogP contribution is -1.98. The number of nitrogens with one attached hydrogen (secondary N) is 1. The van der Waals surface area contributed by atoms with E-state index in [2.05, 4.69) is 53.7 Å². The molecule has 3 aromatic rings. The van der Waals surface area contributed by atoms with Gasteiger partial charge in [-0.05, 0) is 49.4 Å². The van der Waals surface area contributed by atoms with Crippen LogP contribution in [0, 0.1) is 6.92 Å². The standard InChI is InChI=1S/C15H15N3S/c1-12-3-8-15(19-12)11-16-13-4-6-14(7-5-13)18-10-2-9-17-18/h2-10,16H,11H2,1H3. The summed E-state index contributed by atoms with van der Waals surface area (Å²) in [7, 11) is 0. The molecule has 3 nitrogen and oxygen atoms in total. The molecule has 0 aliphatic rings. The molecular formula is C15H15N3S. The molecule has 96 valence electrons. The predicted molar refractivity (Wildman–Crippen MR) is 79.9 cm³/mol. The van der Waals surface area contributed by atoms with Crippen LogP contribution in [-0.4, -0.2) is 9.78 Å². The summed E-state index contributed by atoms with van der Waals surface area (Å²) in [5.41, 5.74) is 2.20. The number of nitrogens with zero attached hydrogens (tertiary/aromatic N) is 2. The van der Waals surface area contributed by atoms with Gasteiger partial charge < -0.3 is 5.32 Å². The number of hydrogen-bond donors (Lipinski definition) is 1. The summed E-state index contributed by atoms with van der Waals surface area (Å²) in [5.74, 6) is 0. The molecule has 1 aromatic carbocycles. The number of anilines is 1. The average Bonchev–Trinajstić information content (AvgIpc) is 3.08. The lowest BCUT2D eigenvalue weighted by atomic mass is 10.3. The molecule has 0 radical (unpaired) electrons. The van der Waals surface area contributed by atoms with E-state index in [1.807, 2.05) is 28.3 Å². The highest BCUT2D eigenvalue weighted by molar-refractivity contribution is 7.11. The lowest BCUT2D eigenvalue weighted by molar-refractivity contribution is 0.880. The SMILES string of the molecule is Cc1ccc(CNc2ccc(-n3cccn3)cc2)s1. The largest absolute Gasteiger partial charge is 0.380 e. The maximum Gasteiger partial charge on any atom is 0.0647 e. The average molecular weight is 269 g/mol. The first-order valence-corrected chi connectivity index (χ1v) is 7.02. The van der Waals surface area contributed by atoms with E-state index in [9.17, 15) is 0 Å². The molecule has 2 heterocycles. The normalized spacial score (nSPS) is 10.6. The van der Waals surface area contributed by atoms with E-state index in [-0.39, 0.29) is 0 Å². The summed E-state index contributed by atoms with van der Waals surface area (Å²) in [6.07, 6.45) is 3.72. The van der Waals surface area contributed by atoms with Crippen LogP contribution in [-0.2, 0) is 6.54 Å². The van der Waals surface area contributed by atoms with Gasteiger partial charge >= 0.3 is 0 Å². The second-order valence-corrected chi connectivity index (χ2v) is 5.74. The first-order chi connectivity index (χ1) is 9.31. The van der Waals surface area contributed by atoms with Crippen LogP contribution in [0.1, 0.15) is 9.75 Å². The smallest absolute Gasteiger partial charge is 0.0647 e. The van der Waals surface area contributed by atoms with Gasteiger partial charge in [-0.15, -0.1) is 11.3 Å². The lowest BCUT2D eigenvalue weighted by Gasteiger charge is -2.06. The summed E-state index contributed by atoms with van der Waals surface area (Å²) in [6, 6.07) is 14.5. The van der Waals surface area contributed by atoms with Crippen molar-refractivity contribution in [3.8, 4) is 5.69 Å². The molecule has 0 unspecified atom stereocenters.